The molecule has 0 aliphatic heterocycles. The minimum absolute atomic E-state index is 0.0499. The number of carbonyl (C=O) groups is 1. The molecule has 0 aliphatic rings. The maximum absolute atomic E-state index is 13.1. The lowest BCUT2D eigenvalue weighted by atomic mass is 9.73. The van der Waals surface area contributed by atoms with Crippen LogP contribution in [0.15, 0.2) is 72.8 Å². The summed E-state index contributed by atoms with van der Waals surface area (Å²) in [7, 11) is 2.02. The number of fused-ring (bicyclic) bond motifs is 1. The lowest BCUT2D eigenvalue weighted by molar-refractivity contribution is 0.0868. The van der Waals surface area contributed by atoms with E-state index < -0.39 is 5.54 Å². The Morgan fingerprint density at radius 3 is 2.13 bits per heavy atom. The molecule has 3 aromatic carbocycles. The van der Waals surface area contributed by atoms with E-state index in [4.69, 9.17) is 12.2 Å². The van der Waals surface area contributed by atoms with Crippen molar-refractivity contribution in [1.29, 1.82) is 0 Å². The van der Waals surface area contributed by atoms with Gasteiger partial charge in [-0.3, -0.25) is 4.79 Å². The number of rotatable bonds is 5. The minimum atomic E-state index is -0.719. The van der Waals surface area contributed by atoms with Crippen molar-refractivity contribution in [2.24, 2.45) is 5.41 Å². The van der Waals surface area contributed by atoms with E-state index in [1.54, 1.807) is 0 Å². The molecule has 0 fully saturated rings. The standard InChI is InChI=1S/C27H32N2OS/c1-19(22-18-12-16-20-13-10-11-17-23(20)22)29(6)25(31)27(5,26(2,3)4)28-24(30)21-14-8-7-9-15-21/h7-19H,1-6H3,(H,28,30)/t19-,27+/m1/s1. The van der Waals surface area contributed by atoms with Gasteiger partial charge in [-0.05, 0) is 47.7 Å². The Labute approximate surface area is 191 Å². The highest BCUT2D eigenvalue weighted by atomic mass is 32.1. The molecule has 0 saturated carbocycles. The van der Waals surface area contributed by atoms with Crippen LogP contribution < -0.4 is 5.32 Å². The summed E-state index contributed by atoms with van der Waals surface area (Å²) >= 11 is 6.04. The van der Waals surface area contributed by atoms with E-state index in [0.717, 1.165) is 0 Å². The van der Waals surface area contributed by atoms with Crippen LogP contribution in [-0.4, -0.2) is 28.4 Å². The molecule has 162 valence electrons. The predicted octanol–water partition coefficient (Wildman–Crippen LogP) is 6.39. The highest BCUT2D eigenvalue weighted by Gasteiger charge is 2.45. The van der Waals surface area contributed by atoms with Gasteiger partial charge < -0.3 is 10.2 Å². The first-order chi connectivity index (χ1) is 14.6. The molecular formula is C27H32N2OS. The molecule has 3 nitrogen and oxygen atoms in total. The average Bonchev–Trinajstić information content (AvgIpc) is 2.76. The van der Waals surface area contributed by atoms with Gasteiger partial charge >= 0.3 is 0 Å². The maximum atomic E-state index is 13.1. The van der Waals surface area contributed by atoms with Crippen molar-refractivity contribution in [3.05, 3.63) is 83.9 Å². The number of amides is 1. The number of carbonyl (C=O) groups excluding carboxylic acids is 1. The molecular weight excluding hydrogens is 400 g/mol. The second kappa shape index (κ2) is 8.80. The van der Waals surface area contributed by atoms with Crippen LogP contribution in [0.4, 0.5) is 0 Å². The van der Waals surface area contributed by atoms with Crippen LogP contribution in [0.3, 0.4) is 0 Å². The minimum Gasteiger partial charge on any atom is -0.360 e. The number of hydrogen-bond donors (Lipinski definition) is 1. The summed E-state index contributed by atoms with van der Waals surface area (Å²) in [4.78, 5) is 15.9. The van der Waals surface area contributed by atoms with Crippen molar-refractivity contribution in [3.63, 3.8) is 0 Å². The Morgan fingerprint density at radius 1 is 0.903 bits per heavy atom. The second-order valence-corrected chi connectivity index (χ2v) is 9.74. The summed E-state index contributed by atoms with van der Waals surface area (Å²) in [6.07, 6.45) is 0. The summed E-state index contributed by atoms with van der Waals surface area (Å²) in [5, 5.41) is 5.68. The Morgan fingerprint density at radius 2 is 1.48 bits per heavy atom. The van der Waals surface area contributed by atoms with Gasteiger partial charge in [0, 0.05) is 12.6 Å². The van der Waals surface area contributed by atoms with Gasteiger partial charge in [0.2, 0.25) is 0 Å². The lowest BCUT2D eigenvalue weighted by Gasteiger charge is -2.47. The molecule has 0 saturated heterocycles. The monoisotopic (exact) mass is 432 g/mol. The number of thiocarbonyl (C=S) groups is 1. The number of benzene rings is 3. The van der Waals surface area contributed by atoms with E-state index in [1.165, 1.54) is 16.3 Å². The Balaban J connectivity index is 1.94. The molecule has 3 aromatic rings. The van der Waals surface area contributed by atoms with Gasteiger partial charge in [0.1, 0.15) is 4.99 Å². The Kier molecular flexibility index (Phi) is 6.51. The fraction of sp³-hybridized carbons (Fsp3) is 0.333. The summed E-state index contributed by atoms with van der Waals surface area (Å²) in [5.41, 5.74) is 0.837. The number of nitrogens with one attached hydrogen (secondary N) is 1. The highest BCUT2D eigenvalue weighted by Crippen LogP contribution is 2.36. The van der Waals surface area contributed by atoms with Gasteiger partial charge in [0.25, 0.3) is 5.91 Å². The lowest BCUT2D eigenvalue weighted by Crippen LogP contribution is -2.63. The highest BCUT2D eigenvalue weighted by molar-refractivity contribution is 7.80. The third-order valence-electron chi connectivity index (χ3n) is 6.50. The van der Waals surface area contributed by atoms with Crippen LogP contribution in [0.5, 0.6) is 0 Å². The SMILES string of the molecule is C[C@H](c1cccc2ccccc12)N(C)C(=S)[C@](C)(NC(=O)c1ccccc1)C(C)(C)C. The van der Waals surface area contributed by atoms with Crippen molar-refractivity contribution in [1.82, 2.24) is 10.2 Å². The van der Waals surface area contributed by atoms with Gasteiger partial charge in [-0.1, -0.05) is 93.7 Å². The molecule has 0 radical (unpaired) electrons. The summed E-state index contributed by atoms with van der Waals surface area (Å²) in [5.74, 6) is -0.119. The van der Waals surface area contributed by atoms with Gasteiger partial charge in [-0.15, -0.1) is 0 Å². The molecule has 0 bridgehead atoms. The van der Waals surface area contributed by atoms with Crippen LogP contribution in [0.2, 0.25) is 0 Å². The predicted molar refractivity (Wildman–Crippen MR) is 134 cm³/mol. The van der Waals surface area contributed by atoms with Crippen LogP contribution in [0, 0.1) is 5.41 Å². The van der Waals surface area contributed by atoms with Gasteiger partial charge in [0.05, 0.1) is 11.6 Å². The fourth-order valence-corrected chi connectivity index (χ4v) is 4.32. The molecule has 0 spiro atoms. The zero-order valence-electron chi connectivity index (χ0n) is 19.3. The molecule has 0 unspecified atom stereocenters. The topological polar surface area (TPSA) is 32.3 Å². The van der Waals surface area contributed by atoms with Gasteiger partial charge in [0.15, 0.2) is 0 Å². The van der Waals surface area contributed by atoms with Crippen molar-refractivity contribution >= 4 is 33.9 Å². The molecule has 0 heterocycles. The summed E-state index contributed by atoms with van der Waals surface area (Å²) in [6, 6.07) is 24.1. The number of hydrogen-bond acceptors (Lipinski definition) is 2. The smallest absolute Gasteiger partial charge is 0.252 e. The van der Waals surface area contributed by atoms with Gasteiger partial charge in [-0.25, -0.2) is 0 Å². The largest absolute Gasteiger partial charge is 0.360 e. The molecule has 3 rings (SSSR count). The van der Waals surface area contributed by atoms with Crippen LogP contribution in [0.1, 0.15) is 56.6 Å². The van der Waals surface area contributed by atoms with Crippen LogP contribution in [-0.2, 0) is 0 Å². The van der Waals surface area contributed by atoms with E-state index in [0.29, 0.717) is 10.6 Å². The normalized spacial score (nSPS) is 14.5. The fourth-order valence-electron chi connectivity index (χ4n) is 3.80. The van der Waals surface area contributed by atoms with Gasteiger partial charge in [-0.2, -0.15) is 0 Å². The third kappa shape index (κ3) is 4.49. The molecule has 2 atom stereocenters. The first kappa shape index (κ1) is 23.0. The molecule has 1 amide bonds. The second-order valence-electron chi connectivity index (χ2n) is 9.36. The van der Waals surface area contributed by atoms with Crippen molar-refractivity contribution in [2.75, 3.05) is 7.05 Å². The molecule has 0 aromatic heterocycles. The first-order valence-corrected chi connectivity index (χ1v) is 11.1. The Hall–Kier alpha value is -2.72. The maximum Gasteiger partial charge on any atom is 0.252 e. The van der Waals surface area contributed by atoms with E-state index in [1.807, 2.05) is 44.3 Å². The van der Waals surface area contributed by atoms with E-state index in [2.05, 4.69) is 80.4 Å². The van der Waals surface area contributed by atoms with E-state index in [9.17, 15) is 4.79 Å². The summed E-state index contributed by atoms with van der Waals surface area (Å²) in [6.45, 7) is 10.5. The zero-order chi connectivity index (χ0) is 22.8. The van der Waals surface area contributed by atoms with E-state index >= 15 is 0 Å². The molecule has 1 N–H and O–H groups in total. The zero-order valence-corrected chi connectivity index (χ0v) is 20.1. The average molecular weight is 433 g/mol. The van der Waals surface area contributed by atoms with Crippen LogP contribution in [0.25, 0.3) is 10.8 Å². The van der Waals surface area contributed by atoms with Crippen molar-refractivity contribution in [2.45, 2.75) is 46.2 Å². The molecule has 0 aliphatic carbocycles. The first-order valence-electron chi connectivity index (χ1n) is 10.7. The van der Waals surface area contributed by atoms with Crippen LogP contribution >= 0.6 is 12.2 Å². The number of likely N-dealkylation sites (N-methyl/N-ethyl adjacent to an activating group) is 1. The Bertz CT molecular complexity index is 1080. The third-order valence-corrected chi connectivity index (χ3v) is 7.20. The molecule has 4 heteroatoms. The quantitative estimate of drug-likeness (QED) is 0.474. The number of nitrogens with zero attached hydrogens (tertiary/aromatic N) is 1. The van der Waals surface area contributed by atoms with Crippen molar-refractivity contribution in [3.8, 4) is 0 Å². The summed E-state index contributed by atoms with van der Waals surface area (Å²) < 4.78 is 0. The molecule has 31 heavy (non-hydrogen) atoms. The van der Waals surface area contributed by atoms with E-state index in [-0.39, 0.29) is 17.4 Å². The van der Waals surface area contributed by atoms with Crippen molar-refractivity contribution < 1.29 is 4.79 Å².